The van der Waals surface area contributed by atoms with Crippen LogP contribution in [0.1, 0.15) is 11.1 Å². The minimum atomic E-state index is 0.577. The summed E-state index contributed by atoms with van der Waals surface area (Å²) in [6.45, 7) is 0. The standard InChI is InChI=1S/C50H28N4S/c51-29-31-20-22-46-43(26-31)49-47(23-21-42-41-16-5-8-19-48(41)55-50(42)49)54(46)36-25-32(30-52)24-34(28-36)38-13-2-1-12-37(38)33-10-9-11-35(27-33)53-44-17-6-3-14-39(44)40-15-4-7-18-45(40)53/h1-28H. The summed E-state index contributed by atoms with van der Waals surface area (Å²) in [5, 5.41) is 27.4. The van der Waals surface area contributed by atoms with E-state index in [2.05, 4.69) is 161 Å². The molecule has 11 rings (SSSR count). The molecule has 8 aromatic carbocycles. The van der Waals surface area contributed by atoms with Gasteiger partial charge in [0.15, 0.2) is 0 Å². The van der Waals surface area contributed by atoms with E-state index in [4.69, 9.17) is 0 Å². The van der Waals surface area contributed by atoms with Gasteiger partial charge in [0.25, 0.3) is 0 Å². The summed E-state index contributed by atoms with van der Waals surface area (Å²) in [4.78, 5) is 0. The third kappa shape index (κ3) is 4.68. The second-order valence-corrected chi connectivity index (χ2v) is 15.0. The highest BCUT2D eigenvalue weighted by Gasteiger charge is 2.20. The van der Waals surface area contributed by atoms with Crippen LogP contribution in [0, 0.1) is 22.7 Å². The molecule has 3 aromatic heterocycles. The average molecular weight is 717 g/mol. The molecule has 0 spiro atoms. The zero-order chi connectivity index (χ0) is 36.6. The van der Waals surface area contributed by atoms with Crippen molar-refractivity contribution < 1.29 is 0 Å². The second-order valence-electron chi connectivity index (χ2n) is 14.0. The van der Waals surface area contributed by atoms with Crippen molar-refractivity contribution in [2.45, 2.75) is 0 Å². The smallest absolute Gasteiger partial charge is 0.0992 e. The largest absolute Gasteiger partial charge is 0.309 e. The molecule has 4 nitrogen and oxygen atoms in total. The average Bonchev–Trinajstić information content (AvgIpc) is 3.91. The number of benzene rings is 8. The van der Waals surface area contributed by atoms with Crippen LogP contribution in [0.4, 0.5) is 0 Å². The first-order valence-corrected chi connectivity index (χ1v) is 19.0. The van der Waals surface area contributed by atoms with E-state index in [1.165, 1.54) is 42.0 Å². The van der Waals surface area contributed by atoms with Gasteiger partial charge in [-0.3, -0.25) is 0 Å². The van der Waals surface area contributed by atoms with Gasteiger partial charge in [-0.2, -0.15) is 10.5 Å². The van der Waals surface area contributed by atoms with Gasteiger partial charge in [-0.15, -0.1) is 11.3 Å². The first-order chi connectivity index (χ1) is 27.2. The molecule has 0 atom stereocenters. The lowest BCUT2D eigenvalue weighted by Gasteiger charge is -2.15. The van der Waals surface area contributed by atoms with Gasteiger partial charge in [-0.1, -0.05) is 97.1 Å². The van der Waals surface area contributed by atoms with Gasteiger partial charge >= 0.3 is 0 Å². The highest BCUT2D eigenvalue weighted by atomic mass is 32.1. The molecule has 0 radical (unpaired) electrons. The molecule has 0 aliphatic carbocycles. The third-order valence-electron chi connectivity index (χ3n) is 10.9. The van der Waals surface area contributed by atoms with Crippen molar-refractivity contribution in [3.63, 3.8) is 0 Å². The minimum Gasteiger partial charge on any atom is -0.309 e. The Morgan fingerprint density at radius 2 is 1.02 bits per heavy atom. The number of nitriles is 2. The van der Waals surface area contributed by atoms with Crippen molar-refractivity contribution in [2.75, 3.05) is 0 Å². The molecule has 55 heavy (non-hydrogen) atoms. The van der Waals surface area contributed by atoms with Crippen LogP contribution in [0.5, 0.6) is 0 Å². The molecular weight excluding hydrogens is 689 g/mol. The monoisotopic (exact) mass is 716 g/mol. The predicted octanol–water partition coefficient (Wildman–Crippen LogP) is 13.3. The lowest BCUT2D eigenvalue weighted by molar-refractivity contribution is 1.18. The number of nitrogens with zero attached hydrogens (tertiary/aromatic N) is 4. The first kappa shape index (κ1) is 31.1. The molecule has 3 heterocycles. The summed E-state index contributed by atoms with van der Waals surface area (Å²) in [5.41, 5.74) is 11.7. The molecule has 5 heteroatoms. The molecule has 0 aliphatic heterocycles. The summed E-state index contributed by atoms with van der Waals surface area (Å²) in [6.07, 6.45) is 0. The van der Waals surface area contributed by atoms with E-state index in [9.17, 15) is 10.5 Å². The zero-order valence-corrected chi connectivity index (χ0v) is 30.2. The van der Waals surface area contributed by atoms with Gasteiger partial charge in [0.05, 0.1) is 45.3 Å². The van der Waals surface area contributed by atoms with Gasteiger partial charge in [0.2, 0.25) is 0 Å². The zero-order valence-electron chi connectivity index (χ0n) is 29.4. The number of aromatic nitrogens is 2. The van der Waals surface area contributed by atoms with E-state index in [0.29, 0.717) is 11.1 Å². The molecule has 0 N–H and O–H groups in total. The number of rotatable bonds is 4. The number of hydrogen-bond acceptors (Lipinski definition) is 3. The number of para-hydroxylation sites is 2. The summed E-state index contributed by atoms with van der Waals surface area (Å²) >= 11 is 1.79. The number of hydrogen-bond donors (Lipinski definition) is 0. The van der Waals surface area contributed by atoms with Crippen molar-refractivity contribution in [3.05, 3.63) is 181 Å². The maximum Gasteiger partial charge on any atom is 0.0992 e. The summed E-state index contributed by atoms with van der Waals surface area (Å²) < 4.78 is 7.03. The lowest BCUT2D eigenvalue weighted by atomic mass is 9.93. The quantitative estimate of drug-likeness (QED) is 0.182. The van der Waals surface area contributed by atoms with E-state index in [-0.39, 0.29) is 0 Å². The van der Waals surface area contributed by atoms with Crippen LogP contribution in [0.3, 0.4) is 0 Å². The van der Waals surface area contributed by atoms with Crippen molar-refractivity contribution in [3.8, 4) is 45.8 Å². The van der Waals surface area contributed by atoms with Gasteiger partial charge < -0.3 is 9.13 Å². The van der Waals surface area contributed by atoms with Crippen LogP contribution in [0.2, 0.25) is 0 Å². The van der Waals surface area contributed by atoms with Crippen molar-refractivity contribution in [1.82, 2.24) is 9.13 Å². The normalized spacial score (nSPS) is 11.6. The van der Waals surface area contributed by atoms with E-state index in [0.717, 1.165) is 55.4 Å². The van der Waals surface area contributed by atoms with Crippen LogP contribution in [0.15, 0.2) is 170 Å². The molecule has 0 bridgehead atoms. The van der Waals surface area contributed by atoms with E-state index in [1.54, 1.807) is 11.3 Å². The van der Waals surface area contributed by atoms with Gasteiger partial charge in [0, 0.05) is 53.1 Å². The molecule has 0 aliphatic rings. The highest BCUT2D eigenvalue weighted by molar-refractivity contribution is 7.26. The van der Waals surface area contributed by atoms with E-state index in [1.807, 2.05) is 30.3 Å². The molecule has 0 saturated heterocycles. The Morgan fingerprint density at radius 3 is 1.78 bits per heavy atom. The van der Waals surface area contributed by atoms with Crippen molar-refractivity contribution in [1.29, 1.82) is 10.5 Å². The third-order valence-corrected chi connectivity index (χ3v) is 12.1. The van der Waals surface area contributed by atoms with Crippen molar-refractivity contribution >= 4 is 75.1 Å². The number of fused-ring (bicyclic) bond motifs is 10. The SMILES string of the molecule is N#Cc1cc(-c2ccccc2-c2cccc(-n3c4ccccc4c4ccccc43)c2)cc(-n2c3ccc(C#N)cc3c3c4sc5ccccc5c4ccc32)c1. The van der Waals surface area contributed by atoms with Crippen LogP contribution in [0.25, 0.3) is 97.4 Å². The fraction of sp³-hybridized carbons (Fsp3) is 0. The summed E-state index contributed by atoms with van der Waals surface area (Å²) in [6, 6.07) is 64.2. The van der Waals surface area contributed by atoms with Crippen LogP contribution in [-0.4, -0.2) is 9.13 Å². The van der Waals surface area contributed by atoms with E-state index >= 15 is 0 Å². The Hall–Kier alpha value is -7.44. The molecule has 0 amide bonds. The lowest BCUT2D eigenvalue weighted by Crippen LogP contribution is -1.97. The predicted molar refractivity (Wildman–Crippen MR) is 228 cm³/mol. The van der Waals surface area contributed by atoms with Crippen LogP contribution < -0.4 is 0 Å². The molecular formula is C50H28N4S. The van der Waals surface area contributed by atoms with E-state index < -0.39 is 0 Å². The molecule has 254 valence electrons. The van der Waals surface area contributed by atoms with Crippen LogP contribution >= 0.6 is 11.3 Å². The first-order valence-electron chi connectivity index (χ1n) is 18.2. The maximum atomic E-state index is 10.5. The van der Waals surface area contributed by atoms with Gasteiger partial charge in [-0.25, -0.2) is 0 Å². The van der Waals surface area contributed by atoms with Gasteiger partial charge in [0.1, 0.15) is 0 Å². The second kappa shape index (κ2) is 12.0. The minimum absolute atomic E-state index is 0.577. The Kier molecular flexibility index (Phi) is 6.82. The Labute approximate surface area is 320 Å². The fourth-order valence-corrected chi connectivity index (χ4v) is 9.85. The molecule has 0 fully saturated rings. The fourth-order valence-electron chi connectivity index (χ4n) is 8.59. The summed E-state index contributed by atoms with van der Waals surface area (Å²) in [5.74, 6) is 0. The van der Waals surface area contributed by atoms with Crippen LogP contribution in [-0.2, 0) is 0 Å². The summed E-state index contributed by atoms with van der Waals surface area (Å²) in [7, 11) is 0. The maximum absolute atomic E-state index is 10.5. The molecule has 0 unspecified atom stereocenters. The topological polar surface area (TPSA) is 57.4 Å². The Morgan fingerprint density at radius 1 is 0.400 bits per heavy atom. The number of thiophene rings is 1. The molecule has 11 aromatic rings. The Bertz CT molecular complexity index is 3420. The highest BCUT2D eigenvalue weighted by Crippen LogP contribution is 2.44. The molecule has 0 saturated carbocycles. The van der Waals surface area contributed by atoms with Gasteiger partial charge in [-0.05, 0) is 95.1 Å². The van der Waals surface area contributed by atoms with Crippen molar-refractivity contribution in [2.24, 2.45) is 0 Å². The Balaban J connectivity index is 1.12.